The third-order valence-electron chi connectivity index (χ3n) is 3.14. The molecule has 2 aromatic carbocycles. The van der Waals surface area contributed by atoms with Crippen molar-refractivity contribution in [2.24, 2.45) is 0 Å². The number of methoxy groups -OCH3 is 1. The Labute approximate surface area is 156 Å². The summed E-state index contributed by atoms with van der Waals surface area (Å²) in [6.07, 6.45) is 0. The van der Waals surface area contributed by atoms with Crippen LogP contribution >= 0.6 is 46.1 Å². The Kier molecular flexibility index (Phi) is 5.01. The normalized spacial score (nSPS) is 10.7. The second kappa shape index (κ2) is 7.03. The summed E-state index contributed by atoms with van der Waals surface area (Å²) in [5.74, 6) is 0.194. The van der Waals surface area contributed by atoms with Crippen molar-refractivity contribution in [1.29, 1.82) is 0 Å². The predicted molar refractivity (Wildman–Crippen MR) is 98.7 cm³/mol. The second-order valence-electron chi connectivity index (χ2n) is 4.65. The maximum atomic E-state index is 12.2. The molecule has 0 bridgehead atoms. The van der Waals surface area contributed by atoms with Gasteiger partial charge in [-0.1, -0.05) is 46.1 Å². The first-order valence-corrected chi connectivity index (χ1v) is 8.59. The molecule has 1 amide bonds. The number of carbonyl (C=O) groups is 1. The average molecular weight is 403 g/mol. The van der Waals surface area contributed by atoms with E-state index in [2.05, 4.69) is 15.8 Å². The first-order chi connectivity index (χ1) is 11.5. The third-order valence-corrected chi connectivity index (χ3v) is 5.12. The number of fused-ring (bicyclic) bond motifs is 1. The van der Waals surface area contributed by atoms with E-state index in [9.17, 15) is 4.79 Å². The zero-order chi connectivity index (χ0) is 17.3. The van der Waals surface area contributed by atoms with Crippen molar-refractivity contribution in [2.45, 2.75) is 0 Å². The smallest absolute Gasteiger partial charge is 0.271 e. The number of ether oxygens (including phenoxy) is 1. The van der Waals surface area contributed by atoms with Crippen LogP contribution in [0.3, 0.4) is 0 Å². The van der Waals surface area contributed by atoms with Gasteiger partial charge in [-0.2, -0.15) is 0 Å². The van der Waals surface area contributed by atoms with Crippen LogP contribution in [-0.2, 0) is 0 Å². The summed E-state index contributed by atoms with van der Waals surface area (Å²) in [5.41, 5.74) is 6.21. The first kappa shape index (κ1) is 17.1. The van der Waals surface area contributed by atoms with E-state index in [1.165, 1.54) is 17.4 Å². The van der Waals surface area contributed by atoms with Gasteiger partial charge < -0.3 is 4.74 Å². The van der Waals surface area contributed by atoms with E-state index in [4.69, 9.17) is 39.5 Å². The minimum absolute atomic E-state index is 0.260. The standard InChI is InChI=1S/C15H10Cl3N3O2S/c1-23-11-5-4-9(17)13-12(11)19-15(24-13)21-20-14(22)8-3-2-7(16)6-10(8)18/h2-6H,1H3,(H,19,21)(H,20,22). The molecule has 5 nitrogen and oxygen atoms in total. The van der Waals surface area contributed by atoms with Crippen molar-refractivity contribution in [2.75, 3.05) is 12.5 Å². The van der Waals surface area contributed by atoms with E-state index < -0.39 is 5.91 Å². The van der Waals surface area contributed by atoms with E-state index in [1.54, 1.807) is 31.4 Å². The lowest BCUT2D eigenvalue weighted by atomic mass is 10.2. The Morgan fingerprint density at radius 3 is 2.67 bits per heavy atom. The summed E-state index contributed by atoms with van der Waals surface area (Å²) in [7, 11) is 1.55. The zero-order valence-corrected chi connectivity index (χ0v) is 15.3. The van der Waals surface area contributed by atoms with Crippen LogP contribution in [0.15, 0.2) is 30.3 Å². The highest BCUT2D eigenvalue weighted by atomic mass is 35.5. The molecule has 0 aliphatic heterocycles. The molecule has 0 unspecified atom stereocenters. The summed E-state index contributed by atoms with van der Waals surface area (Å²) in [4.78, 5) is 16.6. The maximum absolute atomic E-state index is 12.2. The van der Waals surface area contributed by atoms with Crippen LogP contribution in [0.25, 0.3) is 10.2 Å². The predicted octanol–water partition coefficient (Wildman–Crippen LogP) is 5.02. The number of amides is 1. The SMILES string of the molecule is COc1ccc(Cl)c2sc(NNC(=O)c3ccc(Cl)cc3Cl)nc12. The van der Waals surface area contributed by atoms with Gasteiger partial charge in [-0.25, -0.2) is 4.98 Å². The van der Waals surface area contributed by atoms with Gasteiger partial charge in [0.2, 0.25) is 5.13 Å². The van der Waals surface area contributed by atoms with Crippen molar-refractivity contribution in [3.63, 3.8) is 0 Å². The highest BCUT2D eigenvalue weighted by Gasteiger charge is 2.14. The number of rotatable bonds is 4. The van der Waals surface area contributed by atoms with E-state index in [-0.39, 0.29) is 5.02 Å². The number of carbonyl (C=O) groups excluding carboxylic acids is 1. The lowest BCUT2D eigenvalue weighted by Gasteiger charge is -2.07. The summed E-state index contributed by atoms with van der Waals surface area (Å²) in [6.45, 7) is 0. The largest absolute Gasteiger partial charge is 0.494 e. The number of hydrazine groups is 1. The molecule has 0 atom stereocenters. The lowest BCUT2D eigenvalue weighted by Crippen LogP contribution is -2.29. The minimum atomic E-state index is -0.408. The van der Waals surface area contributed by atoms with Crippen LogP contribution in [0.5, 0.6) is 5.75 Å². The highest BCUT2D eigenvalue weighted by molar-refractivity contribution is 7.22. The van der Waals surface area contributed by atoms with Gasteiger partial charge in [-0.3, -0.25) is 15.6 Å². The molecule has 0 saturated carbocycles. The molecule has 0 aliphatic rings. The van der Waals surface area contributed by atoms with Crippen molar-refractivity contribution in [3.05, 3.63) is 51.0 Å². The summed E-state index contributed by atoms with van der Waals surface area (Å²) < 4.78 is 6.02. The molecule has 0 fully saturated rings. The van der Waals surface area contributed by atoms with Crippen molar-refractivity contribution < 1.29 is 9.53 Å². The zero-order valence-electron chi connectivity index (χ0n) is 12.2. The fourth-order valence-corrected chi connectivity index (χ4v) is 3.63. The Morgan fingerprint density at radius 1 is 1.17 bits per heavy atom. The average Bonchev–Trinajstić information content (AvgIpc) is 2.98. The van der Waals surface area contributed by atoms with Crippen LogP contribution in [0.2, 0.25) is 15.1 Å². The monoisotopic (exact) mass is 401 g/mol. The van der Waals surface area contributed by atoms with E-state index in [0.29, 0.717) is 32.0 Å². The summed E-state index contributed by atoms with van der Waals surface area (Å²) in [6, 6.07) is 8.10. The maximum Gasteiger partial charge on any atom is 0.271 e. The Balaban J connectivity index is 1.80. The molecule has 0 radical (unpaired) electrons. The molecule has 0 spiro atoms. The number of halogens is 3. The Morgan fingerprint density at radius 2 is 1.96 bits per heavy atom. The van der Waals surface area contributed by atoms with Gasteiger partial charge in [0, 0.05) is 5.02 Å². The van der Waals surface area contributed by atoms with Crippen LogP contribution in [0.4, 0.5) is 5.13 Å². The van der Waals surface area contributed by atoms with Gasteiger partial charge in [0.15, 0.2) is 0 Å². The molecule has 3 rings (SSSR count). The minimum Gasteiger partial charge on any atom is -0.494 e. The van der Waals surface area contributed by atoms with Gasteiger partial charge >= 0.3 is 0 Å². The van der Waals surface area contributed by atoms with Gasteiger partial charge in [0.25, 0.3) is 5.91 Å². The number of hydrogen-bond donors (Lipinski definition) is 2. The van der Waals surface area contributed by atoms with Crippen LogP contribution in [0.1, 0.15) is 10.4 Å². The fourth-order valence-electron chi connectivity index (χ4n) is 2.02. The van der Waals surface area contributed by atoms with Gasteiger partial charge in [-0.05, 0) is 30.3 Å². The van der Waals surface area contributed by atoms with Gasteiger partial charge in [0.05, 0.1) is 27.4 Å². The molecular formula is C15H10Cl3N3O2S. The molecule has 1 aromatic heterocycles. The number of anilines is 1. The van der Waals surface area contributed by atoms with Gasteiger partial charge in [0.1, 0.15) is 11.3 Å². The molecule has 1 heterocycles. The van der Waals surface area contributed by atoms with Crippen molar-refractivity contribution in [3.8, 4) is 5.75 Å². The molecule has 9 heteroatoms. The summed E-state index contributed by atoms with van der Waals surface area (Å²) in [5, 5.41) is 1.74. The van der Waals surface area contributed by atoms with E-state index >= 15 is 0 Å². The van der Waals surface area contributed by atoms with Crippen LogP contribution < -0.4 is 15.6 Å². The molecule has 124 valence electrons. The number of hydrogen-bond acceptors (Lipinski definition) is 5. The van der Waals surface area contributed by atoms with Crippen LogP contribution in [0, 0.1) is 0 Å². The number of nitrogens with one attached hydrogen (secondary N) is 2. The molecule has 2 N–H and O–H groups in total. The second-order valence-corrected chi connectivity index (χ2v) is 6.90. The number of benzene rings is 2. The molecule has 0 saturated heterocycles. The highest BCUT2D eigenvalue weighted by Crippen LogP contribution is 2.37. The lowest BCUT2D eigenvalue weighted by molar-refractivity contribution is 0.0963. The number of nitrogens with zero attached hydrogens (tertiary/aromatic N) is 1. The quantitative estimate of drug-likeness (QED) is 0.601. The van der Waals surface area contributed by atoms with Crippen molar-refractivity contribution >= 4 is 67.4 Å². The Hall–Kier alpha value is -1.73. The molecule has 0 aliphatic carbocycles. The molecular weight excluding hydrogens is 393 g/mol. The van der Waals surface area contributed by atoms with Crippen LogP contribution in [-0.4, -0.2) is 18.0 Å². The Bertz CT molecular complexity index is 930. The van der Waals surface area contributed by atoms with Crippen molar-refractivity contribution in [1.82, 2.24) is 10.4 Å². The fraction of sp³-hybridized carbons (Fsp3) is 0.0667. The number of aromatic nitrogens is 1. The topological polar surface area (TPSA) is 63.2 Å². The first-order valence-electron chi connectivity index (χ1n) is 6.64. The molecule has 24 heavy (non-hydrogen) atoms. The van der Waals surface area contributed by atoms with E-state index in [0.717, 1.165) is 4.70 Å². The van der Waals surface area contributed by atoms with Gasteiger partial charge in [-0.15, -0.1) is 0 Å². The third kappa shape index (κ3) is 3.37. The summed E-state index contributed by atoms with van der Waals surface area (Å²) >= 11 is 19.3. The number of thiazole rings is 1. The molecule has 3 aromatic rings. The van der Waals surface area contributed by atoms with E-state index in [1.807, 2.05) is 0 Å².